The second kappa shape index (κ2) is 6.36. The van der Waals surface area contributed by atoms with E-state index in [1.807, 2.05) is 0 Å². The quantitative estimate of drug-likeness (QED) is 0.855. The molecule has 1 aliphatic rings. The van der Waals surface area contributed by atoms with Crippen molar-refractivity contribution < 1.29 is 14.3 Å². The van der Waals surface area contributed by atoms with Crippen LogP contribution < -0.4 is 5.32 Å². The average Bonchev–Trinajstić information content (AvgIpc) is 3.14. The van der Waals surface area contributed by atoms with Crippen LogP contribution in [-0.4, -0.2) is 41.8 Å². The Morgan fingerprint density at radius 1 is 1.57 bits per heavy atom. The minimum absolute atomic E-state index is 0.208. The number of aromatic nitrogens is 2. The number of carbonyl (C=O) groups excluding carboxylic acids is 1. The second-order valence-electron chi connectivity index (χ2n) is 4.79. The number of hydrogen-bond acceptors (Lipinski definition) is 7. The van der Waals surface area contributed by atoms with Gasteiger partial charge < -0.3 is 14.8 Å². The molecule has 0 amide bonds. The van der Waals surface area contributed by atoms with E-state index >= 15 is 0 Å². The highest BCUT2D eigenvalue weighted by molar-refractivity contribution is 7.17. The molecule has 0 aliphatic carbocycles. The number of carbonyl (C=O) groups is 1. The van der Waals surface area contributed by atoms with Gasteiger partial charge in [0, 0.05) is 18.5 Å². The van der Waals surface area contributed by atoms with Crippen LogP contribution in [0.3, 0.4) is 0 Å². The zero-order chi connectivity index (χ0) is 14.7. The molecule has 6 nitrogen and oxygen atoms in total. The maximum Gasteiger partial charge on any atom is 0.339 e. The third kappa shape index (κ3) is 2.98. The van der Waals surface area contributed by atoms with E-state index in [0.29, 0.717) is 24.5 Å². The standard InChI is InChI=1S/C14H17N3O3S/c1-2-19-14(18)10-7-21-13-11(10)12(16-8-17-13)15-6-9-4-3-5-20-9/h7-9H,2-6H2,1H3,(H,15,16,17). The Kier molecular flexibility index (Phi) is 4.31. The topological polar surface area (TPSA) is 73.3 Å². The summed E-state index contributed by atoms with van der Waals surface area (Å²) in [5.41, 5.74) is 0.521. The molecule has 3 heterocycles. The van der Waals surface area contributed by atoms with Gasteiger partial charge in [0.25, 0.3) is 0 Å². The molecule has 0 radical (unpaired) electrons. The molecule has 7 heteroatoms. The van der Waals surface area contributed by atoms with Gasteiger partial charge in [-0.05, 0) is 19.8 Å². The van der Waals surface area contributed by atoms with Crippen molar-refractivity contribution in [2.75, 3.05) is 25.1 Å². The number of rotatable bonds is 5. The van der Waals surface area contributed by atoms with E-state index in [4.69, 9.17) is 9.47 Å². The van der Waals surface area contributed by atoms with Gasteiger partial charge in [-0.2, -0.15) is 0 Å². The van der Waals surface area contributed by atoms with Crippen LogP contribution >= 0.6 is 11.3 Å². The Bertz CT molecular complexity index is 637. The average molecular weight is 307 g/mol. The van der Waals surface area contributed by atoms with Crippen molar-refractivity contribution in [3.63, 3.8) is 0 Å². The van der Waals surface area contributed by atoms with Gasteiger partial charge in [-0.25, -0.2) is 14.8 Å². The second-order valence-corrected chi connectivity index (χ2v) is 5.65. The Balaban J connectivity index is 1.86. The maximum atomic E-state index is 12.0. The number of esters is 1. The van der Waals surface area contributed by atoms with Crippen molar-refractivity contribution in [2.45, 2.75) is 25.9 Å². The Morgan fingerprint density at radius 2 is 2.48 bits per heavy atom. The van der Waals surface area contributed by atoms with Crippen LogP contribution in [0.15, 0.2) is 11.7 Å². The van der Waals surface area contributed by atoms with Crippen molar-refractivity contribution in [1.82, 2.24) is 9.97 Å². The van der Waals surface area contributed by atoms with Crippen LogP contribution in [0, 0.1) is 0 Å². The van der Waals surface area contributed by atoms with Gasteiger partial charge in [0.2, 0.25) is 0 Å². The molecule has 3 rings (SSSR count). The minimum atomic E-state index is -0.335. The highest BCUT2D eigenvalue weighted by atomic mass is 32.1. The van der Waals surface area contributed by atoms with Crippen LogP contribution in [0.5, 0.6) is 0 Å². The normalized spacial score (nSPS) is 18.0. The molecule has 112 valence electrons. The summed E-state index contributed by atoms with van der Waals surface area (Å²) in [6.07, 6.45) is 3.86. The predicted octanol–water partition coefficient (Wildman–Crippen LogP) is 2.46. The van der Waals surface area contributed by atoms with Gasteiger partial charge >= 0.3 is 5.97 Å². The molecule has 1 unspecified atom stereocenters. The Morgan fingerprint density at radius 3 is 3.24 bits per heavy atom. The molecular formula is C14H17N3O3S. The van der Waals surface area contributed by atoms with Gasteiger partial charge in [-0.15, -0.1) is 11.3 Å². The molecule has 0 bridgehead atoms. The fourth-order valence-corrected chi connectivity index (χ4v) is 3.26. The number of thiophene rings is 1. The lowest BCUT2D eigenvalue weighted by Crippen LogP contribution is -2.19. The molecule has 1 aliphatic heterocycles. The van der Waals surface area contributed by atoms with Gasteiger partial charge in [0.05, 0.1) is 23.7 Å². The summed E-state index contributed by atoms with van der Waals surface area (Å²) in [7, 11) is 0. The number of hydrogen-bond donors (Lipinski definition) is 1. The highest BCUT2D eigenvalue weighted by Crippen LogP contribution is 2.30. The smallest absolute Gasteiger partial charge is 0.339 e. The first kappa shape index (κ1) is 14.2. The summed E-state index contributed by atoms with van der Waals surface area (Å²) in [4.78, 5) is 21.3. The van der Waals surface area contributed by atoms with Gasteiger partial charge in [0.1, 0.15) is 17.0 Å². The highest BCUT2D eigenvalue weighted by Gasteiger charge is 2.20. The fraction of sp³-hybridized carbons (Fsp3) is 0.500. The summed E-state index contributed by atoms with van der Waals surface area (Å²) in [6, 6.07) is 0. The van der Waals surface area contributed by atoms with Crippen molar-refractivity contribution in [3.8, 4) is 0 Å². The minimum Gasteiger partial charge on any atom is -0.462 e. The monoisotopic (exact) mass is 307 g/mol. The van der Waals surface area contributed by atoms with Gasteiger partial charge in [-0.3, -0.25) is 0 Å². The van der Waals surface area contributed by atoms with Crippen molar-refractivity contribution in [3.05, 3.63) is 17.3 Å². The third-order valence-electron chi connectivity index (χ3n) is 3.39. The number of ether oxygens (including phenoxy) is 2. The number of fused-ring (bicyclic) bond motifs is 1. The molecule has 1 N–H and O–H groups in total. The predicted molar refractivity (Wildman–Crippen MR) is 80.8 cm³/mol. The van der Waals surface area contributed by atoms with E-state index in [1.54, 1.807) is 12.3 Å². The van der Waals surface area contributed by atoms with Gasteiger partial charge in [-0.1, -0.05) is 0 Å². The lowest BCUT2D eigenvalue weighted by Gasteiger charge is -2.12. The zero-order valence-electron chi connectivity index (χ0n) is 11.8. The number of nitrogens with one attached hydrogen (secondary N) is 1. The lowest BCUT2D eigenvalue weighted by atomic mass is 10.2. The van der Waals surface area contributed by atoms with E-state index in [1.165, 1.54) is 17.7 Å². The van der Waals surface area contributed by atoms with Crippen LogP contribution in [0.25, 0.3) is 10.2 Å². The van der Waals surface area contributed by atoms with Crippen LogP contribution in [0.4, 0.5) is 5.82 Å². The molecule has 1 fully saturated rings. The van der Waals surface area contributed by atoms with E-state index in [-0.39, 0.29) is 12.1 Å². The van der Waals surface area contributed by atoms with Gasteiger partial charge in [0.15, 0.2) is 0 Å². The first-order valence-electron chi connectivity index (χ1n) is 7.04. The van der Waals surface area contributed by atoms with Crippen molar-refractivity contribution in [1.29, 1.82) is 0 Å². The van der Waals surface area contributed by atoms with E-state index in [9.17, 15) is 4.79 Å². The van der Waals surface area contributed by atoms with E-state index in [2.05, 4.69) is 15.3 Å². The molecular weight excluding hydrogens is 290 g/mol. The lowest BCUT2D eigenvalue weighted by molar-refractivity contribution is 0.0529. The van der Waals surface area contributed by atoms with Crippen molar-refractivity contribution >= 4 is 33.3 Å². The van der Waals surface area contributed by atoms with Crippen LogP contribution in [0.2, 0.25) is 0 Å². The Labute approximate surface area is 126 Å². The molecule has 2 aromatic heterocycles. The SMILES string of the molecule is CCOC(=O)c1csc2ncnc(NCC3CCCO3)c12. The summed E-state index contributed by atoms with van der Waals surface area (Å²) >= 11 is 1.42. The number of anilines is 1. The molecule has 2 aromatic rings. The number of nitrogens with zero attached hydrogens (tertiary/aromatic N) is 2. The molecule has 0 spiro atoms. The Hall–Kier alpha value is -1.73. The largest absolute Gasteiger partial charge is 0.462 e. The molecule has 21 heavy (non-hydrogen) atoms. The summed E-state index contributed by atoms with van der Waals surface area (Å²) in [6.45, 7) is 3.64. The molecule has 0 saturated carbocycles. The zero-order valence-corrected chi connectivity index (χ0v) is 12.6. The first-order valence-corrected chi connectivity index (χ1v) is 7.92. The van der Waals surface area contributed by atoms with E-state index < -0.39 is 0 Å². The molecule has 1 saturated heterocycles. The van der Waals surface area contributed by atoms with E-state index in [0.717, 1.165) is 29.7 Å². The van der Waals surface area contributed by atoms with Crippen molar-refractivity contribution in [2.24, 2.45) is 0 Å². The summed E-state index contributed by atoms with van der Waals surface area (Å²) < 4.78 is 10.7. The summed E-state index contributed by atoms with van der Waals surface area (Å²) in [5, 5.41) is 5.78. The first-order chi connectivity index (χ1) is 10.3. The van der Waals surface area contributed by atoms with Crippen LogP contribution in [-0.2, 0) is 9.47 Å². The fourth-order valence-electron chi connectivity index (χ4n) is 2.38. The molecule has 0 aromatic carbocycles. The van der Waals surface area contributed by atoms with Crippen LogP contribution in [0.1, 0.15) is 30.1 Å². The maximum absolute atomic E-state index is 12.0. The molecule has 1 atom stereocenters. The summed E-state index contributed by atoms with van der Waals surface area (Å²) in [5.74, 6) is 0.332. The third-order valence-corrected chi connectivity index (χ3v) is 4.27.